The Balaban J connectivity index is 1.95. The molecule has 1 aliphatic rings. The van der Waals surface area contributed by atoms with Crippen LogP contribution < -0.4 is 9.64 Å². The molecule has 0 N–H and O–H groups in total. The molecule has 1 heterocycles. The van der Waals surface area contributed by atoms with Gasteiger partial charge < -0.3 is 19.1 Å². The van der Waals surface area contributed by atoms with E-state index in [-0.39, 0.29) is 29.1 Å². The standard InChI is InChI=1S/C29H38BrNO6S/c1-18(2)27(33)31(16-19-11-8-7-9-12-19)21-14-10-13-20(15-21)25-23(30)24(26(38-25)28(34)35-6)36-17-22(32)37-29(3,4)5/h10,13-15,18-19H,7-9,11-12,16-17H2,1-6H3. The van der Waals surface area contributed by atoms with Gasteiger partial charge >= 0.3 is 11.9 Å². The van der Waals surface area contributed by atoms with Crippen molar-refractivity contribution in [3.05, 3.63) is 33.6 Å². The number of esters is 2. The predicted octanol–water partition coefficient (Wildman–Crippen LogP) is 7.25. The number of carbonyl (C=O) groups excluding carboxylic acids is 3. The average molecular weight is 609 g/mol. The van der Waals surface area contributed by atoms with Crippen LogP contribution >= 0.6 is 27.3 Å². The lowest BCUT2D eigenvalue weighted by molar-refractivity contribution is -0.157. The lowest BCUT2D eigenvalue weighted by Crippen LogP contribution is -2.38. The molecule has 1 amide bonds. The van der Waals surface area contributed by atoms with Crippen LogP contribution in [0.3, 0.4) is 0 Å². The summed E-state index contributed by atoms with van der Waals surface area (Å²) in [5.74, 6) is -0.427. The van der Waals surface area contributed by atoms with Crippen LogP contribution in [0.5, 0.6) is 5.75 Å². The normalized spacial score (nSPS) is 14.3. The maximum absolute atomic E-state index is 13.3. The van der Waals surface area contributed by atoms with Gasteiger partial charge in [-0.15, -0.1) is 11.3 Å². The molecule has 38 heavy (non-hydrogen) atoms. The molecule has 1 aromatic carbocycles. The second-order valence-electron chi connectivity index (χ2n) is 10.9. The molecule has 2 aromatic rings. The first kappa shape index (κ1) is 30.2. The number of benzene rings is 1. The number of amides is 1. The molecule has 0 atom stereocenters. The van der Waals surface area contributed by atoms with Gasteiger partial charge in [-0.3, -0.25) is 4.79 Å². The Hall–Kier alpha value is -2.39. The summed E-state index contributed by atoms with van der Waals surface area (Å²) in [6, 6.07) is 7.77. The van der Waals surface area contributed by atoms with Crippen molar-refractivity contribution < 1.29 is 28.6 Å². The van der Waals surface area contributed by atoms with Crippen LogP contribution in [0, 0.1) is 11.8 Å². The lowest BCUT2D eigenvalue weighted by Gasteiger charge is -2.31. The van der Waals surface area contributed by atoms with E-state index in [2.05, 4.69) is 15.9 Å². The number of anilines is 1. The smallest absolute Gasteiger partial charge is 0.351 e. The Morgan fingerprint density at radius 1 is 1.13 bits per heavy atom. The number of methoxy groups -OCH3 is 1. The van der Waals surface area contributed by atoms with Crippen LogP contribution in [0.1, 0.15) is 76.4 Å². The lowest BCUT2D eigenvalue weighted by atomic mass is 9.88. The third-order valence-corrected chi connectivity index (χ3v) is 8.50. The molecule has 0 unspecified atom stereocenters. The highest BCUT2D eigenvalue weighted by Gasteiger charge is 2.28. The van der Waals surface area contributed by atoms with E-state index in [9.17, 15) is 14.4 Å². The predicted molar refractivity (Wildman–Crippen MR) is 154 cm³/mol. The van der Waals surface area contributed by atoms with Crippen molar-refractivity contribution >= 4 is 50.8 Å². The van der Waals surface area contributed by atoms with E-state index in [0.717, 1.165) is 29.0 Å². The first-order valence-electron chi connectivity index (χ1n) is 13.1. The van der Waals surface area contributed by atoms with Gasteiger partial charge in [-0.2, -0.15) is 0 Å². The highest BCUT2D eigenvalue weighted by atomic mass is 79.9. The van der Waals surface area contributed by atoms with Crippen molar-refractivity contribution in [2.75, 3.05) is 25.2 Å². The van der Waals surface area contributed by atoms with E-state index in [1.807, 2.05) is 43.0 Å². The maximum Gasteiger partial charge on any atom is 0.351 e. The molecule has 208 valence electrons. The molecule has 0 radical (unpaired) electrons. The highest BCUT2D eigenvalue weighted by Crippen LogP contribution is 2.46. The fourth-order valence-electron chi connectivity index (χ4n) is 4.52. The van der Waals surface area contributed by atoms with Gasteiger partial charge in [-0.25, -0.2) is 9.59 Å². The molecular formula is C29H38BrNO6S. The Kier molecular flexibility index (Phi) is 10.4. The first-order valence-corrected chi connectivity index (χ1v) is 14.7. The van der Waals surface area contributed by atoms with Gasteiger partial charge in [0.25, 0.3) is 0 Å². The summed E-state index contributed by atoms with van der Waals surface area (Å²) in [6.45, 7) is 9.52. The fourth-order valence-corrected chi connectivity index (χ4v) is 6.48. The molecule has 9 heteroatoms. The van der Waals surface area contributed by atoms with E-state index >= 15 is 0 Å². The Labute approximate surface area is 238 Å². The zero-order valence-electron chi connectivity index (χ0n) is 23.1. The quantitative estimate of drug-likeness (QED) is 0.279. The van der Waals surface area contributed by atoms with Crippen molar-refractivity contribution in [1.82, 2.24) is 0 Å². The zero-order valence-corrected chi connectivity index (χ0v) is 25.5. The summed E-state index contributed by atoms with van der Waals surface area (Å²) < 4.78 is 16.6. The van der Waals surface area contributed by atoms with Gasteiger partial charge in [-0.1, -0.05) is 45.2 Å². The van der Waals surface area contributed by atoms with Gasteiger partial charge in [0.15, 0.2) is 17.2 Å². The molecule has 0 aliphatic heterocycles. The van der Waals surface area contributed by atoms with Crippen molar-refractivity contribution in [1.29, 1.82) is 0 Å². The number of ether oxygens (including phenoxy) is 3. The minimum absolute atomic E-state index is 0.0922. The Morgan fingerprint density at radius 2 is 1.82 bits per heavy atom. The first-order chi connectivity index (χ1) is 17.9. The largest absolute Gasteiger partial charge is 0.479 e. The molecule has 1 aromatic heterocycles. The number of nitrogens with zero attached hydrogens (tertiary/aromatic N) is 1. The zero-order chi connectivity index (χ0) is 28.0. The van der Waals surface area contributed by atoms with Gasteiger partial charge in [0.2, 0.25) is 5.91 Å². The van der Waals surface area contributed by atoms with Crippen molar-refractivity contribution in [3.8, 4) is 16.2 Å². The SMILES string of the molecule is COC(=O)c1sc(-c2cccc(N(CC3CCCCC3)C(=O)C(C)C)c2)c(Br)c1OCC(=O)OC(C)(C)C. The second-order valence-corrected chi connectivity index (χ2v) is 12.7. The Morgan fingerprint density at radius 3 is 2.42 bits per heavy atom. The second kappa shape index (κ2) is 13.1. The number of hydrogen-bond acceptors (Lipinski definition) is 7. The molecule has 0 saturated heterocycles. The summed E-state index contributed by atoms with van der Waals surface area (Å²) >= 11 is 4.79. The Bertz CT molecular complexity index is 1150. The van der Waals surface area contributed by atoms with Crippen molar-refractivity contribution in [2.24, 2.45) is 11.8 Å². The average Bonchev–Trinajstić information content (AvgIpc) is 3.20. The van der Waals surface area contributed by atoms with E-state index < -0.39 is 17.5 Å². The molecule has 1 fully saturated rings. The van der Waals surface area contributed by atoms with E-state index in [4.69, 9.17) is 14.2 Å². The maximum atomic E-state index is 13.3. The molecule has 7 nitrogen and oxygen atoms in total. The highest BCUT2D eigenvalue weighted by molar-refractivity contribution is 9.10. The topological polar surface area (TPSA) is 82.1 Å². The van der Waals surface area contributed by atoms with E-state index in [0.29, 0.717) is 16.9 Å². The molecular weight excluding hydrogens is 570 g/mol. The summed E-state index contributed by atoms with van der Waals surface area (Å²) in [5, 5.41) is 0. The molecule has 1 aliphatic carbocycles. The van der Waals surface area contributed by atoms with Crippen LogP contribution in [0.4, 0.5) is 5.69 Å². The van der Waals surface area contributed by atoms with E-state index in [1.54, 1.807) is 20.8 Å². The van der Waals surface area contributed by atoms with Crippen LogP contribution in [0.2, 0.25) is 0 Å². The fraction of sp³-hybridized carbons (Fsp3) is 0.552. The summed E-state index contributed by atoms with van der Waals surface area (Å²) in [7, 11) is 1.30. The number of hydrogen-bond donors (Lipinski definition) is 0. The number of rotatable bonds is 9. The summed E-state index contributed by atoms with van der Waals surface area (Å²) in [6.07, 6.45) is 5.95. The minimum atomic E-state index is -0.653. The van der Waals surface area contributed by atoms with Crippen molar-refractivity contribution in [3.63, 3.8) is 0 Å². The third kappa shape index (κ3) is 7.82. The molecule has 3 rings (SSSR count). The van der Waals surface area contributed by atoms with Gasteiger partial charge in [-0.05, 0) is 73.2 Å². The monoisotopic (exact) mass is 607 g/mol. The van der Waals surface area contributed by atoms with Gasteiger partial charge in [0.05, 0.1) is 16.5 Å². The summed E-state index contributed by atoms with van der Waals surface area (Å²) in [4.78, 5) is 41.0. The van der Waals surface area contributed by atoms with Gasteiger partial charge in [0.1, 0.15) is 5.60 Å². The number of thiophene rings is 1. The minimum Gasteiger partial charge on any atom is -0.479 e. The van der Waals surface area contributed by atoms with Crippen LogP contribution in [-0.4, -0.2) is 43.7 Å². The van der Waals surface area contributed by atoms with Crippen LogP contribution in [-0.2, 0) is 19.1 Å². The van der Waals surface area contributed by atoms with Gasteiger partial charge in [0, 0.05) is 18.2 Å². The van der Waals surface area contributed by atoms with Crippen LogP contribution in [0.15, 0.2) is 28.7 Å². The third-order valence-electron chi connectivity index (χ3n) is 6.28. The molecule has 0 spiro atoms. The number of halogens is 1. The van der Waals surface area contributed by atoms with Crippen molar-refractivity contribution in [2.45, 2.75) is 72.3 Å². The number of carbonyl (C=O) groups is 3. The molecule has 1 saturated carbocycles. The van der Waals surface area contributed by atoms with E-state index in [1.165, 1.54) is 37.7 Å². The summed E-state index contributed by atoms with van der Waals surface area (Å²) in [5.41, 5.74) is 0.991. The molecule has 0 bridgehead atoms. The van der Waals surface area contributed by atoms with Crippen LogP contribution in [0.25, 0.3) is 10.4 Å².